The van der Waals surface area contributed by atoms with E-state index in [9.17, 15) is 9.59 Å². The van der Waals surface area contributed by atoms with Gasteiger partial charge in [0.2, 0.25) is 5.91 Å². The van der Waals surface area contributed by atoms with Gasteiger partial charge in [0.25, 0.3) is 0 Å². The molecule has 7 atom stereocenters. The average molecular weight is 555 g/mol. The summed E-state index contributed by atoms with van der Waals surface area (Å²) in [5.41, 5.74) is 11.2. The number of esters is 1. The Morgan fingerprint density at radius 3 is 2.42 bits per heavy atom. The third-order valence-electron chi connectivity index (χ3n) is 12.7. The molecule has 1 amide bonds. The fourth-order valence-electron chi connectivity index (χ4n) is 10.3. The normalized spacial score (nSPS) is 37.1. The van der Waals surface area contributed by atoms with Crippen LogP contribution in [0.4, 0.5) is 0 Å². The monoisotopic (exact) mass is 554 g/mol. The van der Waals surface area contributed by atoms with Gasteiger partial charge in [0, 0.05) is 18.4 Å². The van der Waals surface area contributed by atoms with E-state index < -0.39 is 0 Å². The first kappa shape index (κ1) is 31.3. The molecule has 2 saturated carbocycles. The number of fused-ring (bicyclic) bond motifs is 4. The predicted octanol–water partition coefficient (Wildman–Crippen LogP) is 7.50. The highest BCUT2D eigenvalue weighted by atomic mass is 16.5. The van der Waals surface area contributed by atoms with E-state index in [1.807, 2.05) is 5.57 Å². The second-order valence-corrected chi connectivity index (χ2v) is 15.4. The SMILES string of the molecule is CC(C)=CCC[C@@H](C)C1CC[C@@]2(C)C3=C(CC[C@]12C)[C@@]1(C)CC[C@H](OC(=O)CNC(=O)CCN)C(C)(C)C1CC3. The quantitative estimate of drug-likeness (QED) is 0.228. The molecule has 4 aliphatic carbocycles. The third kappa shape index (κ3) is 5.34. The van der Waals surface area contributed by atoms with E-state index >= 15 is 0 Å². The Kier molecular flexibility index (Phi) is 9.06. The van der Waals surface area contributed by atoms with Crippen molar-refractivity contribution in [1.82, 2.24) is 5.32 Å². The molecular formula is C35H58N2O3. The van der Waals surface area contributed by atoms with Crippen LogP contribution < -0.4 is 11.1 Å². The van der Waals surface area contributed by atoms with Gasteiger partial charge >= 0.3 is 5.97 Å². The Morgan fingerprint density at radius 2 is 1.75 bits per heavy atom. The summed E-state index contributed by atoms with van der Waals surface area (Å²) in [6.07, 6.45) is 14.6. The minimum Gasteiger partial charge on any atom is -0.460 e. The molecule has 5 heteroatoms. The number of carbonyl (C=O) groups excluding carboxylic acids is 2. The van der Waals surface area contributed by atoms with Gasteiger partial charge in [-0.3, -0.25) is 9.59 Å². The fourth-order valence-corrected chi connectivity index (χ4v) is 10.3. The number of hydrogen-bond donors (Lipinski definition) is 2. The molecule has 0 aliphatic heterocycles. The van der Waals surface area contributed by atoms with Crippen molar-refractivity contribution in [3.8, 4) is 0 Å². The van der Waals surface area contributed by atoms with Crippen LogP contribution in [0.25, 0.3) is 0 Å². The van der Waals surface area contributed by atoms with Gasteiger partial charge in [-0.05, 0) is 112 Å². The summed E-state index contributed by atoms with van der Waals surface area (Å²) in [5.74, 6) is 1.53. The molecule has 0 radical (unpaired) electrons. The lowest BCUT2D eigenvalue weighted by Crippen LogP contribution is -2.56. The lowest BCUT2D eigenvalue weighted by molar-refractivity contribution is -0.169. The number of hydrogen-bond acceptors (Lipinski definition) is 4. The molecule has 3 N–H and O–H groups in total. The number of carbonyl (C=O) groups is 2. The van der Waals surface area contributed by atoms with Crippen LogP contribution in [0, 0.1) is 39.4 Å². The standard InChI is InChI=1S/C35H58N2O3/c1-23(2)10-9-11-24(3)25-14-19-35(8)27-12-13-28-32(4,5)29(40-31(39)22-37-30(38)17-21-36)16-18-33(28,6)26(27)15-20-34(25,35)7/h10,24-25,28-29H,9,11-22,36H2,1-8H3,(H,37,38)/t24-,25?,28?,29+,33-,34-,35+/m1/s1. The van der Waals surface area contributed by atoms with Crippen molar-refractivity contribution in [2.24, 2.45) is 45.1 Å². The zero-order valence-electron chi connectivity index (χ0n) is 26.9. The second-order valence-electron chi connectivity index (χ2n) is 15.4. The summed E-state index contributed by atoms with van der Waals surface area (Å²) in [6.45, 7) is 19.6. The van der Waals surface area contributed by atoms with E-state index in [-0.39, 0.29) is 48.3 Å². The number of nitrogens with one attached hydrogen (secondary N) is 1. The van der Waals surface area contributed by atoms with Crippen molar-refractivity contribution >= 4 is 11.9 Å². The van der Waals surface area contributed by atoms with Crippen molar-refractivity contribution in [2.45, 2.75) is 132 Å². The summed E-state index contributed by atoms with van der Waals surface area (Å²) in [7, 11) is 0. The Hall–Kier alpha value is -1.62. The Balaban J connectivity index is 1.51. The summed E-state index contributed by atoms with van der Waals surface area (Å²) < 4.78 is 6.05. The van der Waals surface area contributed by atoms with Gasteiger partial charge in [0.1, 0.15) is 12.6 Å². The van der Waals surface area contributed by atoms with Crippen molar-refractivity contribution < 1.29 is 14.3 Å². The van der Waals surface area contributed by atoms with E-state index in [0.717, 1.165) is 24.7 Å². The van der Waals surface area contributed by atoms with Crippen LogP contribution in [0.15, 0.2) is 22.8 Å². The molecule has 0 aromatic carbocycles. The third-order valence-corrected chi connectivity index (χ3v) is 12.7. The molecule has 226 valence electrons. The number of ether oxygens (including phenoxy) is 1. The molecule has 4 rings (SSSR count). The summed E-state index contributed by atoms with van der Waals surface area (Å²) >= 11 is 0. The smallest absolute Gasteiger partial charge is 0.325 e. The van der Waals surface area contributed by atoms with E-state index in [1.165, 1.54) is 56.9 Å². The molecule has 0 aromatic heterocycles. The van der Waals surface area contributed by atoms with E-state index in [1.54, 1.807) is 5.57 Å². The molecule has 0 spiro atoms. The first-order valence-electron chi connectivity index (χ1n) is 16.2. The van der Waals surface area contributed by atoms with Gasteiger partial charge in [-0.25, -0.2) is 0 Å². The number of allylic oxidation sites excluding steroid dienone is 4. The largest absolute Gasteiger partial charge is 0.460 e. The maximum absolute atomic E-state index is 12.7. The minimum atomic E-state index is -0.334. The molecule has 4 aliphatic rings. The van der Waals surface area contributed by atoms with E-state index in [0.29, 0.717) is 16.7 Å². The fraction of sp³-hybridized carbons (Fsp3) is 0.829. The summed E-state index contributed by atoms with van der Waals surface area (Å²) in [5, 5.41) is 2.65. The van der Waals surface area contributed by atoms with Crippen molar-refractivity contribution in [3.63, 3.8) is 0 Å². The van der Waals surface area contributed by atoms with E-state index in [2.05, 4.69) is 66.8 Å². The highest BCUT2D eigenvalue weighted by molar-refractivity contribution is 5.82. The minimum absolute atomic E-state index is 0.0759. The Labute approximate surface area is 244 Å². The number of amides is 1. The lowest BCUT2D eigenvalue weighted by Gasteiger charge is -2.62. The Bertz CT molecular complexity index is 1040. The van der Waals surface area contributed by atoms with Gasteiger partial charge in [-0.15, -0.1) is 0 Å². The van der Waals surface area contributed by atoms with Gasteiger partial charge in [-0.1, -0.05) is 64.3 Å². The number of nitrogens with two attached hydrogens (primary N) is 1. The predicted molar refractivity (Wildman–Crippen MR) is 163 cm³/mol. The summed E-state index contributed by atoms with van der Waals surface area (Å²) in [4.78, 5) is 24.5. The Morgan fingerprint density at radius 1 is 1.02 bits per heavy atom. The first-order valence-corrected chi connectivity index (χ1v) is 16.2. The van der Waals surface area contributed by atoms with Crippen LogP contribution in [0.3, 0.4) is 0 Å². The maximum Gasteiger partial charge on any atom is 0.325 e. The van der Waals surface area contributed by atoms with Gasteiger partial charge in [0.05, 0.1) is 0 Å². The molecule has 0 aromatic rings. The zero-order valence-corrected chi connectivity index (χ0v) is 26.9. The van der Waals surface area contributed by atoms with Crippen molar-refractivity contribution in [3.05, 3.63) is 22.8 Å². The topological polar surface area (TPSA) is 81.4 Å². The average Bonchev–Trinajstić information content (AvgIpc) is 3.16. The first-order chi connectivity index (χ1) is 18.7. The molecule has 0 bridgehead atoms. The molecule has 5 nitrogen and oxygen atoms in total. The van der Waals surface area contributed by atoms with Crippen LogP contribution >= 0.6 is 0 Å². The van der Waals surface area contributed by atoms with E-state index in [4.69, 9.17) is 10.5 Å². The number of rotatable bonds is 9. The van der Waals surface area contributed by atoms with Crippen molar-refractivity contribution in [2.75, 3.05) is 13.1 Å². The molecule has 2 unspecified atom stereocenters. The van der Waals surface area contributed by atoms with Crippen LogP contribution in [0.5, 0.6) is 0 Å². The molecule has 40 heavy (non-hydrogen) atoms. The van der Waals surface area contributed by atoms with Crippen LogP contribution in [0.2, 0.25) is 0 Å². The maximum atomic E-state index is 12.7. The molecule has 2 fully saturated rings. The van der Waals surface area contributed by atoms with Crippen LogP contribution in [-0.4, -0.2) is 31.1 Å². The zero-order chi connectivity index (χ0) is 29.5. The highest BCUT2D eigenvalue weighted by Gasteiger charge is 2.63. The van der Waals surface area contributed by atoms with Gasteiger partial charge in [-0.2, -0.15) is 0 Å². The van der Waals surface area contributed by atoms with Crippen molar-refractivity contribution in [1.29, 1.82) is 0 Å². The lowest BCUT2D eigenvalue weighted by atomic mass is 9.43. The highest BCUT2D eigenvalue weighted by Crippen LogP contribution is 2.72. The van der Waals surface area contributed by atoms with Gasteiger partial charge in [0.15, 0.2) is 0 Å². The molecule has 0 saturated heterocycles. The molecular weight excluding hydrogens is 496 g/mol. The van der Waals surface area contributed by atoms with Gasteiger partial charge < -0.3 is 15.8 Å². The second kappa shape index (κ2) is 11.6. The van der Waals surface area contributed by atoms with Crippen LogP contribution in [-0.2, 0) is 14.3 Å². The molecule has 0 heterocycles. The van der Waals surface area contributed by atoms with Crippen LogP contribution in [0.1, 0.15) is 126 Å². The summed E-state index contributed by atoms with van der Waals surface area (Å²) in [6, 6.07) is 0.